The van der Waals surface area contributed by atoms with Crippen molar-refractivity contribution in [3.05, 3.63) is 54.6 Å². The van der Waals surface area contributed by atoms with Crippen LogP contribution in [0.4, 0.5) is 16.2 Å². The number of nitrogens with zero attached hydrogens (tertiary/aromatic N) is 1. The summed E-state index contributed by atoms with van der Waals surface area (Å²) in [5, 5.41) is 2.19. The Kier molecular flexibility index (Phi) is 4.52. The predicted molar refractivity (Wildman–Crippen MR) is 91.9 cm³/mol. The van der Waals surface area contributed by atoms with Gasteiger partial charge in [0, 0.05) is 5.69 Å². The van der Waals surface area contributed by atoms with E-state index in [0.717, 1.165) is 23.2 Å². The SMILES string of the molecule is CCOc1ccc(N[C@@H]2SC(=O)N(c3ccccc3)C2=O)cc1. The Bertz CT molecular complexity index is 704. The molecule has 1 saturated heterocycles. The first kappa shape index (κ1) is 15.4. The second-order valence-corrected chi connectivity index (χ2v) is 5.93. The highest BCUT2D eigenvalue weighted by Gasteiger charge is 2.40. The van der Waals surface area contributed by atoms with Crippen LogP contribution in [-0.4, -0.2) is 23.1 Å². The molecule has 1 atom stereocenters. The Morgan fingerprint density at radius 2 is 1.78 bits per heavy atom. The van der Waals surface area contributed by atoms with Gasteiger partial charge in [-0.25, -0.2) is 4.90 Å². The maximum absolute atomic E-state index is 12.5. The fourth-order valence-corrected chi connectivity index (χ4v) is 3.18. The van der Waals surface area contributed by atoms with Crippen LogP contribution in [0.15, 0.2) is 54.6 Å². The molecule has 0 spiro atoms. The smallest absolute Gasteiger partial charge is 0.295 e. The van der Waals surface area contributed by atoms with Crippen LogP contribution in [0.2, 0.25) is 0 Å². The molecular weight excluding hydrogens is 312 g/mol. The number of rotatable bonds is 5. The van der Waals surface area contributed by atoms with Gasteiger partial charge in [-0.05, 0) is 55.1 Å². The van der Waals surface area contributed by atoms with E-state index in [9.17, 15) is 9.59 Å². The standard InChI is InChI=1S/C17H16N2O3S/c1-2-22-14-10-8-12(9-11-14)18-15-16(20)19(17(21)23-15)13-6-4-3-5-7-13/h3-11,15,18H,2H2,1H3/t15-/m1/s1. The van der Waals surface area contributed by atoms with E-state index in [2.05, 4.69) is 5.32 Å². The quantitative estimate of drug-likeness (QED) is 0.906. The van der Waals surface area contributed by atoms with E-state index in [0.29, 0.717) is 12.3 Å². The molecular formula is C17H16N2O3S. The first-order valence-electron chi connectivity index (χ1n) is 7.28. The van der Waals surface area contributed by atoms with E-state index in [4.69, 9.17) is 4.74 Å². The predicted octanol–water partition coefficient (Wildman–Crippen LogP) is 3.72. The molecule has 118 valence electrons. The topological polar surface area (TPSA) is 58.6 Å². The maximum atomic E-state index is 12.5. The fraction of sp³-hybridized carbons (Fsp3) is 0.176. The van der Waals surface area contributed by atoms with Crippen LogP contribution in [-0.2, 0) is 4.79 Å². The van der Waals surface area contributed by atoms with Crippen molar-refractivity contribution in [2.75, 3.05) is 16.8 Å². The summed E-state index contributed by atoms with van der Waals surface area (Å²) in [5.74, 6) is 0.505. The summed E-state index contributed by atoms with van der Waals surface area (Å²) in [5.41, 5.74) is 1.35. The molecule has 6 heteroatoms. The van der Waals surface area contributed by atoms with Crippen molar-refractivity contribution in [3.8, 4) is 5.75 Å². The minimum absolute atomic E-state index is 0.264. The van der Waals surface area contributed by atoms with E-state index in [1.807, 2.05) is 37.3 Å². The number of amides is 2. The van der Waals surface area contributed by atoms with Gasteiger partial charge in [-0.2, -0.15) is 0 Å². The minimum Gasteiger partial charge on any atom is -0.494 e. The summed E-state index contributed by atoms with van der Waals surface area (Å²) in [7, 11) is 0. The van der Waals surface area contributed by atoms with Crippen LogP contribution >= 0.6 is 11.8 Å². The molecule has 0 radical (unpaired) electrons. The number of carbonyl (C=O) groups excluding carboxylic acids is 2. The van der Waals surface area contributed by atoms with Crippen molar-refractivity contribution in [3.63, 3.8) is 0 Å². The molecule has 2 amide bonds. The molecule has 5 nitrogen and oxygen atoms in total. The summed E-state index contributed by atoms with van der Waals surface area (Å²) in [6.07, 6.45) is 0. The van der Waals surface area contributed by atoms with Crippen LogP contribution in [0.5, 0.6) is 5.75 Å². The van der Waals surface area contributed by atoms with Crippen molar-refractivity contribution in [2.45, 2.75) is 12.3 Å². The molecule has 1 fully saturated rings. The number of ether oxygens (including phenoxy) is 1. The lowest BCUT2D eigenvalue weighted by Crippen LogP contribution is -2.34. The van der Waals surface area contributed by atoms with E-state index >= 15 is 0 Å². The van der Waals surface area contributed by atoms with E-state index < -0.39 is 5.37 Å². The number of thioether (sulfide) groups is 1. The third-order valence-corrected chi connectivity index (χ3v) is 4.26. The molecule has 0 aliphatic carbocycles. The van der Waals surface area contributed by atoms with E-state index in [1.54, 1.807) is 24.3 Å². The molecule has 23 heavy (non-hydrogen) atoms. The van der Waals surface area contributed by atoms with E-state index in [1.165, 1.54) is 4.90 Å². The molecule has 1 N–H and O–H groups in total. The molecule has 0 aromatic heterocycles. The van der Waals surface area contributed by atoms with Gasteiger partial charge in [-0.3, -0.25) is 9.59 Å². The highest BCUT2D eigenvalue weighted by Crippen LogP contribution is 2.32. The molecule has 3 rings (SSSR count). The average Bonchev–Trinajstić information content (AvgIpc) is 2.84. The van der Waals surface area contributed by atoms with Crippen LogP contribution in [0, 0.1) is 0 Å². The summed E-state index contributed by atoms with van der Waals surface area (Å²) in [6, 6.07) is 16.2. The van der Waals surface area contributed by atoms with Gasteiger partial charge in [0.15, 0.2) is 5.37 Å². The Balaban J connectivity index is 1.72. The zero-order chi connectivity index (χ0) is 16.2. The first-order chi connectivity index (χ1) is 11.2. The molecule has 0 saturated carbocycles. The lowest BCUT2D eigenvalue weighted by Gasteiger charge is -2.15. The second kappa shape index (κ2) is 6.75. The lowest BCUT2D eigenvalue weighted by molar-refractivity contribution is -0.116. The van der Waals surface area contributed by atoms with Crippen LogP contribution in [0.1, 0.15) is 6.92 Å². The summed E-state index contributed by atoms with van der Waals surface area (Å²) < 4.78 is 5.38. The second-order valence-electron chi connectivity index (χ2n) is 4.87. The zero-order valence-electron chi connectivity index (χ0n) is 12.6. The van der Waals surface area contributed by atoms with Crippen molar-refractivity contribution < 1.29 is 14.3 Å². The molecule has 1 aliphatic heterocycles. The number of carbonyl (C=O) groups is 2. The number of imide groups is 1. The highest BCUT2D eigenvalue weighted by atomic mass is 32.2. The van der Waals surface area contributed by atoms with Crippen LogP contribution in [0.3, 0.4) is 0 Å². The number of hydrogen-bond acceptors (Lipinski definition) is 5. The number of anilines is 2. The monoisotopic (exact) mass is 328 g/mol. The normalized spacial score (nSPS) is 17.4. The van der Waals surface area contributed by atoms with E-state index in [-0.39, 0.29) is 11.1 Å². The van der Waals surface area contributed by atoms with Gasteiger partial charge in [0.25, 0.3) is 11.1 Å². The van der Waals surface area contributed by atoms with Gasteiger partial charge in [-0.1, -0.05) is 18.2 Å². The van der Waals surface area contributed by atoms with Gasteiger partial charge in [-0.15, -0.1) is 0 Å². The molecule has 1 aliphatic rings. The first-order valence-corrected chi connectivity index (χ1v) is 8.16. The Hall–Kier alpha value is -2.47. The molecule has 0 unspecified atom stereocenters. The van der Waals surface area contributed by atoms with Crippen LogP contribution < -0.4 is 15.0 Å². The van der Waals surface area contributed by atoms with Gasteiger partial charge in [0.1, 0.15) is 5.75 Å². The molecule has 2 aromatic carbocycles. The van der Waals surface area contributed by atoms with Gasteiger partial charge in [0.05, 0.1) is 12.3 Å². The number of benzene rings is 2. The van der Waals surface area contributed by atoms with Gasteiger partial charge >= 0.3 is 0 Å². The van der Waals surface area contributed by atoms with Crippen molar-refractivity contribution in [2.24, 2.45) is 0 Å². The molecule has 1 heterocycles. The summed E-state index contributed by atoms with van der Waals surface area (Å²) in [4.78, 5) is 25.8. The summed E-state index contributed by atoms with van der Waals surface area (Å²) >= 11 is 0.981. The number of nitrogens with one attached hydrogen (secondary N) is 1. The number of para-hydroxylation sites is 1. The Morgan fingerprint density at radius 3 is 2.43 bits per heavy atom. The van der Waals surface area contributed by atoms with Gasteiger partial charge in [0.2, 0.25) is 0 Å². The van der Waals surface area contributed by atoms with Crippen molar-refractivity contribution in [1.82, 2.24) is 0 Å². The number of hydrogen-bond donors (Lipinski definition) is 1. The fourth-order valence-electron chi connectivity index (χ4n) is 2.28. The van der Waals surface area contributed by atoms with Crippen LogP contribution in [0.25, 0.3) is 0 Å². The summed E-state index contributed by atoms with van der Waals surface area (Å²) in [6.45, 7) is 2.52. The van der Waals surface area contributed by atoms with Crippen molar-refractivity contribution >= 4 is 34.3 Å². The zero-order valence-corrected chi connectivity index (χ0v) is 13.4. The molecule has 0 bridgehead atoms. The third-order valence-electron chi connectivity index (χ3n) is 3.32. The van der Waals surface area contributed by atoms with Crippen molar-refractivity contribution in [1.29, 1.82) is 0 Å². The maximum Gasteiger partial charge on any atom is 0.295 e. The average molecular weight is 328 g/mol. The molecule has 2 aromatic rings. The minimum atomic E-state index is -0.624. The third kappa shape index (κ3) is 3.32. The van der Waals surface area contributed by atoms with Gasteiger partial charge < -0.3 is 10.1 Å². The highest BCUT2D eigenvalue weighted by molar-refractivity contribution is 8.16. The Morgan fingerprint density at radius 1 is 1.09 bits per heavy atom. The Labute approximate surface area is 138 Å². The largest absolute Gasteiger partial charge is 0.494 e. The lowest BCUT2D eigenvalue weighted by atomic mass is 10.3.